The third-order valence-electron chi connectivity index (χ3n) is 4.31. The fourth-order valence-electron chi connectivity index (χ4n) is 3.07. The number of hydrogen-bond donors (Lipinski definition) is 1. The maximum atomic E-state index is 4.52. The molecular formula is C15H26N2S. The summed E-state index contributed by atoms with van der Waals surface area (Å²) in [6.45, 7) is 10.1. The first-order chi connectivity index (χ1) is 8.58. The molecule has 18 heavy (non-hydrogen) atoms. The Balaban J connectivity index is 1.87. The van der Waals surface area contributed by atoms with Crippen molar-refractivity contribution in [3.8, 4) is 0 Å². The average molecular weight is 266 g/mol. The third-order valence-corrected chi connectivity index (χ3v) is 5.56. The van der Waals surface area contributed by atoms with Gasteiger partial charge in [0.2, 0.25) is 0 Å². The topological polar surface area (TPSA) is 24.9 Å². The number of hydrogen-bond acceptors (Lipinski definition) is 3. The molecule has 0 radical (unpaired) electrons. The number of rotatable bonds is 4. The van der Waals surface area contributed by atoms with Gasteiger partial charge in [-0.2, -0.15) is 0 Å². The van der Waals surface area contributed by atoms with Gasteiger partial charge < -0.3 is 5.32 Å². The van der Waals surface area contributed by atoms with E-state index in [1.807, 2.05) is 11.3 Å². The summed E-state index contributed by atoms with van der Waals surface area (Å²) in [5.41, 5.74) is 1.20. The van der Waals surface area contributed by atoms with Crippen LogP contribution in [-0.2, 0) is 0 Å². The van der Waals surface area contributed by atoms with Gasteiger partial charge in [-0.15, -0.1) is 11.3 Å². The predicted molar refractivity (Wildman–Crippen MR) is 79.1 cm³/mol. The molecule has 1 N–H and O–H groups in total. The fourth-order valence-corrected chi connectivity index (χ4v) is 4.02. The molecular weight excluding hydrogens is 240 g/mol. The van der Waals surface area contributed by atoms with E-state index in [0.717, 1.165) is 11.8 Å². The van der Waals surface area contributed by atoms with Gasteiger partial charge in [-0.1, -0.05) is 26.2 Å². The Hall–Kier alpha value is -0.410. The summed E-state index contributed by atoms with van der Waals surface area (Å²) < 4.78 is 0. The molecule has 1 aliphatic rings. The summed E-state index contributed by atoms with van der Waals surface area (Å²) in [7, 11) is 0. The average Bonchev–Trinajstić information content (AvgIpc) is 2.67. The summed E-state index contributed by atoms with van der Waals surface area (Å²) in [6, 6.07) is 0.449. The molecule has 1 aromatic heterocycles. The molecule has 1 heterocycles. The Morgan fingerprint density at radius 2 is 2.06 bits per heavy atom. The highest BCUT2D eigenvalue weighted by molar-refractivity contribution is 7.11. The molecule has 0 aliphatic heterocycles. The van der Waals surface area contributed by atoms with Crippen molar-refractivity contribution in [2.24, 2.45) is 11.8 Å². The van der Waals surface area contributed by atoms with Crippen molar-refractivity contribution in [2.45, 2.75) is 59.4 Å². The zero-order chi connectivity index (χ0) is 13.1. The second kappa shape index (κ2) is 6.16. The summed E-state index contributed by atoms with van der Waals surface area (Å²) in [5.74, 6) is 1.76. The van der Waals surface area contributed by atoms with Crippen LogP contribution in [0.15, 0.2) is 0 Å². The minimum Gasteiger partial charge on any atom is -0.309 e. The molecule has 2 rings (SSSR count). The number of aromatic nitrogens is 1. The maximum Gasteiger partial charge on any atom is 0.0900 e. The highest BCUT2D eigenvalue weighted by Crippen LogP contribution is 2.30. The maximum absolute atomic E-state index is 4.52. The normalized spacial score (nSPS) is 26.2. The van der Waals surface area contributed by atoms with Gasteiger partial charge in [-0.3, -0.25) is 0 Å². The van der Waals surface area contributed by atoms with Crippen LogP contribution in [0, 0.1) is 25.7 Å². The Labute approximate surface area is 115 Å². The van der Waals surface area contributed by atoms with Gasteiger partial charge in [0.15, 0.2) is 0 Å². The van der Waals surface area contributed by atoms with Gasteiger partial charge in [-0.25, -0.2) is 4.98 Å². The lowest BCUT2D eigenvalue weighted by atomic mass is 9.80. The van der Waals surface area contributed by atoms with Crippen molar-refractivity contribution in [2.75, 3.05) is 6.54 Å². The van der Waals surface area contributed by atoms with E-state index in [1.165, 1.54) is 47.8 Å². The van der Waals surface area contributed by atoms with Crippen LogP contribution in [0.2, 0.25) is 0 Å². The van der Waals surface area contributed by atoms with Crippen molar-refractivity contribution in [3.63, 3.8) is 0 Å². The molecule has 0 amide bonds. The minimum atomic E-state index is 0.449. The van der Waals surface area contributed by atoms with Gasteiger partial charge in [-0.05, 0) is 45.6 Å². The Bertz CT molecular complexity index is 386. The standard InChI is InChI=1S/C15H26N2S/c1-10-7-5-6-8-14(10)9-16-11(2)15-12(3)17-13(4)18-15/h10-11,14,16H,5-9H2,1-4H3. The molecule has 0 bridgehead atoms. The van der Waals surface area contributed by atoms with Crippen molar-refractivity contribution >= 4 is 11.3 Å². The summed E-state index contributed by atoms with van der Waals surface area (Å²) in [5, 5.41) is 4.91. The summed E-state index contributed by atoms with van der Waals surface area (Å²) >= 11 is 1.84. The fraction of sp³-hybridized carbons (Fsp3) is 0.800. The van der Waals surface area contributed by atoms with Crippen LogP contribution in [0.25, 0.3) is 0 Å². The molecule has 3 atom stereocenters. The first-order valence-corrected chi connectivity index (χ1v) is 8.07. The lowest BCUT2D eigenvalue weighted by molar-refractivity contribution is 0.242. The van der Waals surface area contributed by atoms with Crippen LogP contribution in [-0.4, -0.2) is 11.5 Å². The van der Waals surface area contributed by atoms with Gasteiger partial charge in [0.05, 0.1) is 10.7 Å². The second-order valence-electron chi connectivity index (χ2n) is 5.83. The SMILES string of the molecule is Cc1nc(C)c(C(C)NCC2CCCCC2C)s1. The van der Waals surface area contributed by atoms with Crippen LogP contribution in [0.1, 0.15) is 61.2 Å². The number of thiazole rings is 1. The van der Waals surface area contributed by atoms with Gasteiger partial charge in [0.25, 0.3) is 0 Å². The Morgan fingerprint density at radius 3 is 2.67 bits per heavy atom. The van der Waals surface area contributed by atoms with Crippen molar-refractivity contribution in [3.05, 3.63) is 15.6 Å². The van der Waals surface area contributed by atoms with E-state index in [9.17, 15) is 0 Å². The number of nitrogens with zero attached hydrogens (tertiary/aromatic N) is 1. The van der Waals surface area contributed by atoms with E-state index >= 15 is 0 Å². The van der Waals surface area contributed by atoms with E-state index < -0.39 is 0 Å². The van der Waals surface area contributed by atoms with Gasteiger partial charge >= 0.3 is 0 Å². The Kier molecular flexibility index (Phi) is 4.79. The van der Waals surface area contributed by atoms with Crippen molar-refractivity contribution in [1.29, 1.82) is 0 Å². The lowest BCUT2D eigenvalue weighted by Gasteiger charge is -2.30. The van der Waals surface area contributed by atoms with Crippen LogP contribution < -0.4 is 5.32 Å². The molecule has 102 valence electrons. The highest BCUT2D eigenvalue weighted by atomic mass is 32.1. The Morgan fingerprint density at radius 1 is 1.33 bits per heavy atom. The van der Waals surface area contributed by atoms with Crippen LogP contribution in [0.4, 0.5) is 0 Å². The molecule has 0 aromatic carbocycles. The van der Waals surface area contributed by atoms with E-state index in [0.29, 0.717) is 6.04 Å². The molecule has 1 saturated carbocycles. The molecule has 1 aromatic rings. The van der Waals surface area contributed by atoms with Crippen LogP contribution >= 0.6 is 11.3 Å². The molecule has 3 heteroatoms. The second-order valence-corrected chi connectivity index (χ2v) is 7.07. The smallest absolute Gasteiger partial charge is 0.0900 e. The van der Waals surface area contributed by atoms with E-state index in [-0.39, 0.29) is 0 Å². The molecule has 3 unspecified atom stereocenters. The third kappa shape index (κ3) is 3.33. The zero-order valence-electron chi connectivity index (χ0n) is 12.1. The van der Waals surface area contributed by atoms with E-state index in [4.69, 9.17) is 0 Å². The molecule has 0 spiro atoms. The summed E-state index contributed by atoms with van der Waals surface area (Å²) in [6.07, 6.45) is 5.67. The van der Waals surface area contributed by atoms with Gasteiger partial charge in [0.1, 0.15) is 0 Å². The lowest BCUT2D eigenvalue weighted by Crippen LogP contribution is -2.31. The first kappa shape index (κ1) is 14.0. The van der Waals surface area contributed by atoms with Crippen LogP contribution in [0.3, 0.4) is 0 Å². The monoisotopic (exact) mass is 266 g/mol. The minimum absolute atomic E-state index is 0.449. The van der Waals surface area contributed by atoms with E-state index in [2.05, 4.69) is 38.0 Å². The predicted octanol–water partition coefficient (Wildman–Crippen LogP) is 4.24. The molecule has 2 nitrogen and oxygen atoms in total. The molecule has 0 saturated heterocycles. The van der Waals surface area contributed by atoms with Crippen molar-refractivity contribution in [1.82, 2.24) is 10.3 Å². The van der Waals surface area contributed by atoms with Gasteiger partial charge in [0, 0.05) is 10.9 Å². The number of aryl methyl sites for hydroxylation is 2. The largest absolute Gasteiger partial charge is 0.309 e. The first-order valence-electron chi connectivity index (χ1n) is 7.25. The van der Waals surface area contributed by atoms with Crippen molar-refractivity contribution < 1.29 is 0 Å². The quantitative estimate of drug-likeness (QED) is 0.882. The van der Waals surface area contributed by atoms with Crippen LogP contribution in [0.5, 0.6) is 0 Å². The highest BCUT2D eigenvalue weighted by Gasteiger charge is 2.22. The zero-order valence-corrected chi connectivity index (χ0v) is 12.9. The molecule has 1 fully saturated rings. The van der Waals surface area contributed by atoms with E-state index in [1.54, 1.807) is 0 Å². The molecule has 1 aliphatic carbocycles. The number of nitrogens with one attached hydrogen (secondary N) is 1. The summed E-state index contributed by atoms with van der Waals surface area (Å²) in [4.78, 5) is 5.93.